The normalized spacial score (nSPS) is 29.5. The van der Waals surface area contributed by atoms with Crippen molar-refractivity contribution in [3.05, 3.63) is 33.1 Å². The zero-order chi connectivity index (χ0) is 19.0. The van der Waals surface area contributed by atoms with Crippen molar-refractivity contribution >= 4 is 27.2 Å². The molecule has 1 saturated heterocycles. The third-order valence-electron chi connectivity index (χ3n) is 3.03. The highest BCUT2D eigenvalue weighted by Gasteiger charge is 2.45. The number of phosphoric ester groups is 1. The molecule has 1 aliphatic rings. The lowest BCUT2D eigenvalue weighted by molar-refractivity contribution is -0.0448. The molecule has 0 aromatic carbocycles. The van der Waals surface area contributed by atoms with E-state index in [2.05, 4.69) is 8.83 Å². The van der Waals surface area contributed by atoms with Crippen molar-refractivity contribution in [2.24, 2.45) is 0 Å². The van der Waals surface area contributed by atoms with E-state index in [9.17, 15) is 28.7 Å². The second-order valence-corrected chi connectivity index (χ2v) is 8.19. The van der Waals surface area contributed by atoms with Gasteiger partial charge in [0.25, 0.3) is 5.56 Å². The van der Waals surface area contributed by atoms with Crippen LogP contribution in [0, 0.1) is 0 Å². The number of hydrogen-bond acceptors (Lipinski definition) is 8. The molecule has 0 amide bonds. The highest BCUT2D eigenvalue weighted by molar-refractivity contribution is 7.60. The third-order valence-corrected chi connectivity index (χ3v) is 5.66. The third kappa shape index (κ3) is 5.31. The van der Waals surface area contributed by atoms with Crippen LogP contribution in [0.4, 0.5) is 0 Å². The predicted molar refractivity (Wildman–Crippen MR) is 79.8 cm³/mol. The Kier molecular flexibility index (Phi) is 6.07. The quantitative estimate of drug-likeness (QED) is 0.267. The van der Waals surface area contributed by atoms with Crippen molar-refractivity contribution in [3.8, 4) is 0 Å². The van der Waals surface area contributed by atoms with E-state index in [1.54, 1.807) is 0 Å². The zero-order valence-electron chi connectivity index (χ0n) is 12.0. The molecule has 0 bridgehead atoms. The number of ether oxygens (including phenoxy) is 1. The SMILES string of the molecule is O=c1ccn([C@@H]2O[C@H](COP(=O)(O)OP(=O)(O)O)[C@@H](O)C2Cl)c(=O)[nH]1. The maximum atomic E-state index is 11.7. The fourth-order valence-electron chi connectivity index (χ4n) is 2.02. The van der Waals surface area contributed by atoms with Gasteiger partial charge >= 0.3 is 21.3 Å². The van der Waals surface area contributed by atoms with E-state index in [1.165, 1.54) is 0 Å². The standard InChI is InChI=1S/C9H13ClN2O11P2/c10-6-7(14)4(3-21-25(19,20)23-24(16,17)18)22-8(6)12-2-1-5(13)11-9(12)15/h1-2,4,6-8,14H,3H2,(H,19,20)(H,11,13,15)(H2,16,17,18)/t4-,6?,7-,8-/m1/s1. The van der Waals surface area contributed by atoms with Crippen LogP contribution in [-0.4, -0.2) is 53.5 Å². The van der Waals surface area contributed by atoms with Gasteiger partial charge in [0.1, 0.15) is 17.6 Å². The number of aliphatic hydroxyl groups is 1. The molecule has 1 aliphatic heterocycles. The number of phosphoric acid groups is 2. The predicted octanol–water partition coefficient (Wildman–Crippen LogP) is -1.37. The summed E-state index contributed by atoms with van der Waals surface area (Å²) in [7, 11) is -10.4. The lowest BCUT2D eigenvalue weighted by Crippen LogP contribution is -2.35. The summed E-state index contributed by atoms with van der Waals surface area (Å²) in [6.45, 7) is -0.827. The van der Waals surface area contributed by atoms with Gasteiger partial charge in [-0.15, -0.1) is 11.6 Å². The molecule has 2 heterocycles. The Balaban J connectivity index is 2.09. The van der Waals surface area contributed by atoms with E-state index in [4.69, 9.17) is 26.1 Å². The van der Waals surface area contributed by atoms with Gasteiger partial charge in [-0.1, -0.05) is 0 Å². The highest BCUT2D eigenvalue weighted by Crippen LogP contribution is 2.57. The van der Waals surface area contributed by atoms with Crippen molar-refractivity contribution in [2.75, 3.05) is 6.61 Å². The summed E-state index contributed by atoms with van der Waals surface area (Å²) in [6.07, 6.45) is -2.96. The van der Waals surface area contributed by atoms with Gasteiger partial charge in [0.05, 0.1) is 6.61 Å². The van der Waals surface area contributed by atoms with Crippen LogP contribution in [0.3, 0.4) is 0 Å². The van der Waals surface area contributed by atoms with Crippen LogP contribution in [0.5, 0.6) is 0 Å². The Labute approximate surface area is 143 Å². The van der Waals surface area contributed by atoms with Gasteiger partial charge < -0.3 is 24.5 Å². The summed E-state index contributed by atoms with van der Waals surface area (Å²) in [6, 6.07) is 1.01. The van der Waals surface area contributed by atoms with Crippen LogP contribution >= 0.6 is 27.2 Å². The van der Waals surface area contributed by atoms with E-state index in [-0.39, 0.29) is 0 Å². The monoisotopic (exact) mass is 422 g/mol. The van der Waals surface area contributed by atoms with Gasteiger partial charge in [-0.25, -0.2) is 13.9 Å². The smallest absolute Gasteiger partial charge is 0.389 e. The summed E-state index contributed by atoms with van der Waals surface area (Å²) in [5.74, 6) is 0. The number of H-pyrrole nitrogens is 1. The van der Waals surface area contributed by atoms with Gasteiger partial charge in [-0.3, -0.25) is 18.9 Å². The van der Waals surface area contributed by atoms with Crippen molar-refractivity contribution in [1.82, 2.24) is 9.55 Å². The molecule has 0 saturated carbocycles. The van der Waals surface area contributed by atoms with Gasteiger partial charge in [-0.2, -0.15) is 4.31 Å². The Morgan fingerprint density at radius 3 is 2.52 bits per heavy atom. The lowest BCUT2D eigenvalue weighted by Gasteiger charge is -2.17. The van der Waals surface area contributed by atoms with Gasteiger partial charge in [0, 0.05) is 12.3 Å². The van der Waals surface area contributed by atoms with Crippen LogP contribution in [0.15, 0.2) is 21.9 Å². The van der Waals surface area contributed by atoms with Crippen molar-refractivity contribution in [1.29, 1.82) is 0 Å². The molecule has 0 radical (unpaired) electrons. The number of aromatic amines is 1. The average molecular weight is 423 g/mol. The molecular weight excluding hydrogens is 410 g/mol. The number of hydrogen-bond donors (Lipinski definition) is 5. The van der Waals surface area contributed by atoms with Crippen LogP contribution in [0.1, 0.15) is 6.23 Å². The molecule has 142 valence electrons. The van der Waals surface area contributed by atoms with Crippen LogP contribution in [-0.2, 0) is 22.7 Å². The molecular formula is C9H13ClN2O11P2. The topological polar surface area (TPSA) is 198 Å². The van der Waals surface area contributed by atoms with Crippen LogP contribution < -0.4 is 11.2 Å². The number of nitrogens with zero attached hydrogens (tertiary/aromatic N) is 1. The molecule has 1 fully saturated rings. The second-order valence-electron chi connectivity index (χ2n) is 4.85. The fourth-order valence-corrected chi connectivity index (χ4v) is 3.96. The molecule has 2 unspecified atom stereocenters. The van der Waals surface area contributed by atoms with Crippen LogP contribution in [0.2, 0.25) is 0 Å². The Bertz CT molecular complexity index is 833. The van der Waals surface area contributed by atoms with Crippen molar-refractivity contribution < 1.29 is 42.5 Å². The van der Waals surface area contributed by atoms with Gasteiger partial charge in [0.15, 0.2) is 6.23 Å². The summed E-state index contributed by atoms with van der Waals surface area (Å²) >= 11 is 5.96. The molecule has 5 N–H and O–H groups in total. The van der Waals surface area contributed by atoms with E-state index in [1.807, 2.05) is 4.98 Å². The van der Waals surface area contributed by atoms with Gasteiger partial charge in [-0.05, 0) is 0 Å². The number of aromatic nitrogens is 2. The molecule has 16 heteroatoms. The van der Waals surface area contributed by atoms with Gasteiger partial charge in [0.2, 0.25) is 0 Å². The van der Waals surface area contributed by atoms with Crippen molar-refractivity contribution in [2.45, 2.75) is 23.8 Å². The Hall–Kier alpha value is -0.850. The van der Waals surface area contributed by atoms with Crippen molar-refractivity contribution in [3.63, 3.8) is 0 Å². The number of rotatable bonds is 6. The molecule has 13 nitrogen and oxygen atoms in total. The summed E-state index contributed by atoms with van der Waals surface area (Å²) in [4.78, 5) is 50.9. The fraction of sp³-hybridized carbons (Fsp3) is 0.556. The van der Waals surface area contributed by atoms with E-state index >= 15 is 0 Å². The maximum Gasteiger partial charge on any atom is 0.481 e. The zero-order valence-corrected chi connectivity index (χ0v) is 14.6. The first-order chi connectivity index (χ1) is 11.4. The Morgan fingerprint density at radius 2 is 1.96 bits per heavy atom. The first-order valence-electron chi connectivity index (χ1n) is 6.43. The first kappa shape index (κ1) is 20.5. The summed E-state index contributed by atoms with van der Waals surface area (Å²) in [5, 5.41) is 8.78. The second kappa shape index (κ2) is 7.41. The van der Waals surface area contributed by atoms with E-state index in [0.29, 0.717) is 0 Å². The molecule has 25 heavy (non-hydrogen) atoms. The molecule has 5 atom stereocenters. The molecule has 1 aromatic rings. The first-order valence-corrected chi connectivity index (χ1v) is 9.89. The molecule has 0 aliphatic carbocycles. The van der Waals surface area contributed by atoms with E-state index in [0.717, 1.165) is 16.8 Å². The molecule has 2 rings (SSSR count). The average Bonchev–Trinajstić information content (AvgIpc) is 2.71. The maximum absolute atomic E-state index is 11.7. The number of aliphatic hydroxyl groups excluding tert-OH is 1. The van der Waals surface area contributed by atoms with Crippen LogP contribution in [0.25, 0.3) is 0 Å². The number of alkyl halides is 1. The largest absolute Gasteiger partial charge is 0.481 e. The lowest BCUT2D eigenvalue weighted by atomic mass is 10.2. The highest BCUT2D eigenvalue weighted by atomic mass is 35.5. The number of halogens is 1. The number of nitrogens with one attached hydrogen (secondary N) is 1. The Morgan fingerprint density at radius 1 is 1.32 bits per heavy atom. The minimum Gasteiger partial charge on any atom is -0.389 e. The minimum atomic E-state index is -5.29. The summed E-state index contributed by atoms with van der Waals surface area (Å²) in [5.41, 5.74) is -1.53. The summed E-state index contributed by atoms with van der Waals surface area (Å²) < 4.78 is 36.0. The molecule has 1 aromatic heterocycles. The minimum absolute atomic E-state index is 0.665. The van der Waals surface area contributed by atoms with E-state index < -0.39 is 57.3 Å². The molecule has 0 spiro atoms.